The lowest BCUT2D eigenvalue weighted by Gasteiger charge is -2.08. The van der Waals surface area contributed by atoms with Crippen LogP contribution in [-0.2, 0) is 25.9 Å². The van der Waals surface area contributed by atoms with Crippen LogP contribution in [-0.4, -0.2) is 14.8 Å². The van der Waals surface area contributed by atoms with Gasteiger partial charge in [-0.3, -0.25) is 0 Å². The van der Waals surface area contributed by atoms with Gasteiger partial charge in [-0.2, -0.15) is 0 Å². The number of fused-ring (bicyclic) bond motifs is 1. The maximum absolute atomic E-state index is 5.33. The Bertz CT molecular complexity index is 774. The van der Waals surface area contributed by atoms with Crippen molar-refractivity contribution in [2.24, 2.45) is 0 Å². The lowest BCUT2D eigenvalue weighted by atomic mass is 10.1. The molecule has 0 bridgehead atoms. The van der Waals surface area contributed by atoms with Crippen LogP contribution in [0.1, 0.15) is 42.2 Å². The van der Waals surface area contributed by atoms with Crippen molar-refractivity contribution >= 4 is 5.69 Å². The molecule has 124 valence electrons. The van der Waals surface area contributed by atoms with Crippen molar-refractivity contribution in [3.63, 3.8) is 0 Å². The van der Waals surface area contributed by atoms with Crippen LogP contribution in [0.25, 0.3) is 0 Å². The third-order valence-corrected chi connectivity index (χ3v) is 4.55. The summed E-state index contributed by atoms with van der Waals surface area (Å²) in [6.07, 6.45) is 7.34. The van der Waals surface area contributed by atoms with E-state index >= 15 is 0 Å². The van der Waals surface area contributed by atoms with Gasteiger partial charge in [-0.15, -0.1) is 10.2 Å². The summed E-state index contributed by atoms with van der Waals surface area (Å²) in [7, 11) is 0. The largest absolute Gasteiger partial charge is 0.467 e. The third kappa shape index (κ3) is 3.35. The number of rotatable bonds is 5. The van der Waals surface area contributed by atoms with E-state index in [4.69, 9.17) is 4.42 Å². The number of benzene rings is 1. The van der Waals surface area contributed by atoms with Gasteiger partial charge in [0, 0.05) is 25.1 Å². The summed E-state index contributed by atoms with van der Waals surface area (Å²) >= 11 is 0. The second-order valence-electron chi connectivity index (χ2n) is 6.30. The van der Waals surface area contributed by atoms with Gasteiger partial charge in [0.25, 0.3) is 0 Å². The molecule has 24 heavy (non-hydrogen) atoms. The fourth-order valence-electron chi connectivity index (χ4n) is 3.20. The molecule has 4 rings (SSSR count). The van der Waals surface area contributed by atoms with E-state index in [1.54, 1.807) is 6.26 Å². The van der Waals surface area contributed by atoms with Crippen molar-refractivity contribution in [2.75, 3.05) is 5.32 Å². The lowest BCUT2D eigenvalue weighted by Crippen LogP contribution is -2.06. The maximum atomic E-state index is 5.33. The van der Waals surface area contributed by atoms with Gasteiger partial charge in [-0.25, -0.2) is 0 Å². The minimum Gasteiger partial charge on any atom is -0.467 e. The number of aryl methyl sites for hydroxylation is 1. The zero-order chi connectivity index (χ0) is 16.2. The summed E-state index contributed by atoms with van der Waals surface area (Å²) in [6, 6.07) is 12.4. The molecule has 1 N–H and O–H groups in total. The summed E-state index contributed by atoms with van der Waals surface area (Å²) in [5.41, 5.74) is 2.35. The number of furan rings is 1. The Balaban J connectivity index is 1.41. The summed E-state index contributed by atoms with van der Waals surface area (Å²) in [6.45, 7) is 1.75. The number of aromatic nitrogens is 3. The molecule has 0 atom stereocenters. The molecular formula is C19H22N4O. The second-order valence-corrected chi connectivity index (χ2v) is 6.30. The summed E-state index contributed by atoms with van der Waals surface area (Å²) < 4.78 is 7.65. The number of hydrogen-bond donors (Lipinski definition) is 1. The molecule has 1 aliphatic heterocycles. The van der Waals surface area contributed by atoms with Crippen molar-refractivity contribution in [2.45, 2.75) is 45.2 Å². The molecule has 1 aliphatic rings. The quantitative estimate of drug-likeness (QED) is 0.776. The van der Waals surface area contributed by atoms with Gasteiger partial charge in [-0.1, -0.05) is 18.6 Å². The maximum Gasteiger partial charge on any atom is 0.137 e. The normalized spacial score (nSPS) is 14.2. The van der Waals surface area contributed by atoms with Gasteiger partial charge in [-0.05, 0) is 42.7 Å². The summed E-state index contributed by atoms with van der Waals surface area (Å²) in [5, 5.41) is 12.2. The number of hydrogen-bond acceptors (Lipinski definition) is 4. The molecule has 0 aliphatic carbocycles. The average Bonchev–Trinajstić information content (AvgIpc) is 3.19. The minimum atomic E-state index is 0.698. The summed E-state index contributed by atoms with van der Waals surface area (Å²) in [5.74, 6) is 3.17. The minimum absolute atomic E-state index is 0.698. The van der Waals surface area contributed by atoms with Gasteiger partial charge in [0.1, 0.15) is 17.4 Å². The van der Waals surface area contributed by atoms with Crippen LogP contribution in [0.2, 0.25) is 0 Å². The molecule has 2 aromatic heterocycles. The molecule has 3 heterocycles. The molecule has 0 spiro atoms. The molecule has 0 radical (unpaired) electrons. The highest BCUT2D eigenvalue weighted by Gasteiger charge is 2.14. The van der Waals surface area contributed by atoms with E-state index < -0.39 is 0 Å². The molecule has 0 saturated heterocycles. The van der Waals surface area contributed by atoms with Crippen LogP contribution >= 0.6 is 0 Å². The molecule has 3 aromatic rings. The van der Waals surface area contributed by atoms with Gasteiger partial charge in [0.2, 0.25) is 0 Å². The van der Waals surface area contributed by atoms with Gasteiger partial charge >= 0.3 is 0 Å². The van der Waals surface area contributed by atoms with Crippen molar-refractivity contribution in [1.29, 1.82) is 0 Å². The fraction of sp³-hybridized carbons (Fsp3) is 0.368. The first-order chi connectivity index (χ1) is 11.9. The van der Waals surface area contributed by atoms with Crippen molar-refractivity contribution < 1.29 is 4.42 Å². The zero-order valence-corrected chi connectivity index (χ0v) is 13.7. The molecule has 0 fully saturated rings. The molecule has 5 heteroatoms. The lowest BCUT2D eigenvalue weighted by molar-refractivity contribution is 0.518. The monoisotopic (exact) mass is 322 g/mol. The van der Waals surface area contributed by atoms with Gasteiger partial charge in [0.05, 0.1) is 12.8 Å². The first kappa shape index (κ1) is 15.0. The Kier molecular flexibility index (Phi) is 4.32. The van der Waals surface area contributed by atoms with Crippen molar-refractivity contribution in [3.8, 4) is 0 Å². The smallest absolute Gasteiger partial charge is 0.137 e. The van der Waals surface area contributed by atoms with E-state index in [0.29, 0.717) is 6.54 Å². The zero-order valence-electron chi connectivity index (χ0n) is 13.7. The van der Waals surface area contributed by atoms with Crippen LogP contribution in [0.5, 0.6) is 0 Å². The first-order valence-electron chi connectivity index (χ1n) is 8.64. The fourth-order valence-corrected chi connectivity index (χ4v) is 3.20. The SMILES string of the molecule is c1coc(CNc2ccc(Cc3nnc4n3CCCCC4)cc2)c1. The standard InChI is InChI=1S/C19H22N4O/c1-2-6-18-21-22-19(23(18)11-3-1)13-15-7-9-16(10-8-15)20-14-17-5-4-12-24-17/h4-5,7-10,12,20H,1-3,6,11,13-14H2. The molecule has 1 aromatic carbocycles. The number of anilines is 1. The van der Waals surface area contributed by atoms with Crippen LogP contribution in [0.15, 0.2) is 47.1 Å². The molecular weight excluding hydrogens is 300 g/mol. The average molecular weight is 322 g/mol. The first-order valence-corrected chi connectivity index (χ1v) is 8.64. The van der Waals surface area contributed by atoms with E-state index in [1.165, 1.54) is 24.8 Å². The highest BCUT2D eigenvalue weighted by molar-refractivity contribution is 5.45. The van der Waals surface area contributed by atoms with Gasteiger partial charge < -0.3 is 14.3 Å². The van der Waals surface area contributed by atoms with Crippen LogP contribution in [0.4, 0.5) is 5.69 Å². The molecule has 0 saturated carbocycles. The molecule has 0 amide bonds. The highest BCUT2D eigenvalue weighted by Crippen LogP contribution is 2.18. The third-order valence-electron chi connectivity index (χ3n) is 4.55. The van der Waals surface area contributed by atoms with Crippen LogP contribution in [0.3, 0.4) is 0 Å². The Labute approximate surface area is 141 Å². The van der Waals surface area contributed by atoms with E-state index in [-0.39, 0.29) is 0 Å². The Morgan fingerprint density at radius 3 is 2.79 bits per heavy atom. The van der Waals surface area contributed by atoms with E-state index in [1.807, 2.05) is 12.1 Å². The van der Waals surface area contributed by atoms with E-state index in [0.717, 1.165) is 42.5 Å². The van der Waals surface area contributed by atoms with E-state index in [2.05, 4.69) is 44.3 Å². The second kappa shape index (κ2) is 6.91. The molecule has 5 nitrogen and oxygen atoms in total. The van der Waals surface area contributed by atoms with Crippen LogP contribution in [0, 0.1) is 0 Å². The Hall–Kier alpha value is -2.56. The predicted octanol–water partition coefficient (Wildman–Crippen LogP) is 3.80. The highest BCUT2D eigenvalue weighted by atomic mass is 16.3. The Morgan fingerprint density at radius 2 is 1.96 bits per heavy atom. The number of nitrogens with one attached hydrogen (secondary N) is 1. The van der Waals surface area contributed by atoms with Gasteiger partial charge in [0.15, 0.2) is 0 Å². The van der Waals surface area contributed by atoms with Crippen molar-refractivity contribution in [1.82, 2.24) is 14.8 Å². The topological polar surface area (TPSA) is 55.9 Å². The van der Waals surface area contributed by atoms with Crippen LogP contribution < -0.4 is 5.32 Å². The molecule has 0 unspecified atom stereocenters. The van der Waals surface area contributed by atoms with E-state index in [9.17, 15) is 0 Å². The Morgan fingerprint density at radius 1 is 1.04 bits per heavy atom. The predicted molar refractivity (Wildman–Crippen MR) is 92.9 cm³/mol. The van der Waals surface area contributed by atoms with Crippen molar-refractivity contribution in [3.05, 3.63) is 65.6 Å². The number of nitrogens with zero attached hydrogens (tertiary/aromatic N) is 3. The summed E-state index contributed by atoms with van der Waals surface area (Å²) in [4.78, 5) is 0.